The highest BCUT2D eigenvalue weighted by Crippen LogP contribution is 2.22. The van der Waals surface area contributed by atoms with E-state index < -0.39 is 11.7 Å². The number of H-pyrrole nitrogens is 1. The second-order valence-corrected chi connectivity index (χ2v) is 4.61. The van der Waals surface area contributed by atoms with Gasteiger partial charge in [-0.25, -0.2) is 0 Å². The van der Waals surface area contributed by atoms with E-state index in [-0.39, 0.29) is 0 Å². The number of fused-ring (bicyclic) bond motifs is 1. The predicted molar refractivity (Wildman–Crippen MR) is 75.3 cm³/mol. The quantitative estimate of drug-likeness (QED) is 0.492. The topological polar surface area (TPSA) is 62.0 Å². The number of carbonyl (C=O) groups excluding carboxylic acids is 2. The van der Waals surface area contributed by atoms with Crippen LogP contribution in [0, 0.1) is 6.92 Å². The maximum Gasteiger partial charge on any atom is 0.292 e. The van der Waals surface area contributed by atoms with Crippen LogP contribution >= 0.6 is 0 Å². The molecular weight excluding hydrogens is 240 g/mol. The van der Waals surface area contributed by atoms with Gasteiger partial charge in [-0.1, -0.05) is 31.5 Å². The summed E-state index contributed by atoms with van der Waals surface area (Å²) in [6.07, 6.45) is 1.87. The summed E-state index contributed by atoms with van der Waals surface area (Å²) in [7, 11) is 0. The summed E-state index contributed by atoms with van der Waals surface area (Å²) < 4.78 is 0. The number of rotatable bonds is 5. The van der Waals surface area contributed by atoms with Gasteiger partial charge in [0.1, 0.15) is 0 Å². The lowest BCUT2D eigenvalue weighted by Gasteiger charge is -2.03. The van der Waals surface area contributed by atoms with Crippen LogP contribution in [0.1, 0.15) is 35.8 Å². The van der Waals surface area contributed by atoms with Crippen LogP contribution in [-0.2, 0) is 4.79 Å². The van der Waals surface area contributed by atoms with Crippen LogP contribution in [0.3, 0.4) is 0 Å². The first-order valence-corrected chi connectivity index (χ1v) is 6.55. The van der Waals surface area contributed by atoms with Gasteiger partial charge in [0.15, 0.2) is 0 Å². The molecule has 0 aliphatic heterocycles. The number of ketones is 1. The van der Waals surface area contributed by atoms with Gasteiger partial charge in [-0.15, -0.1) is 0 Å². The normalized spacial score (nSPS) is 10.6. The van der Waals surface area contributed by atoms with E-state index in [1.807, 2.05) is 38.1 Å². The molecule has 4 nitrogen and oxygen atoms in total. The number of hydrogen-bond donors (Lipinski definition) is 2. The van der Waals surface area contributed by atoms with E-state index in [0.717, 1.165) is 29.4 Å². The third-order valence-electron chi connectivity index (χ3n) is 3.14. The van der Waals surface area contributed by atoms with E-state index >= 15 is 0 Å². The lowest BCUT2D eigenvalue weighted by molar-refractivity contribution is -0.117. The Morgan fingerprint density at radius 3 is 2.74 bits per heavy atom. The van der Waals surface area contributed by atoms with Crippen molar-refractivity contribution in [2.45, 2.75) is 26.7 Å². The molecule has 0 aliphatic rings. The van der Waals surface area contributed by atoms with Gasteiger partial charge in [-0.2, -0.15) is 0 Å². The zero-order valence-corrected chi connectivity index (χ0v) is 11.2. The zero-order valence-electron chi connectivity index (χ0n) is 11.2. The SMILES string of the molecule is CCCCNC(=O)C(=O)c1c(C)[nH]c2ccccc12. The number of nitrogens with one attached hydrogen (secondary N) is 2. The molecule has 1 aromatic heterocycles. The number of hydrogen-bond acceptors (Lipinski definition) is 2. The molecule has 2 aromatic rings. The molecule has 100 valence electrons. The smallest absolute Gasteiger partial charge is 0.292 e. The Morgan fingerprint density at radius 1 is 1.26 bits per heavy atom. The van der Waals surface area contributed by atoms with Gasteiger partial charge in [0.2, 0.25) is 0 Å². The first-order chi connectivity index (χ1) is 9.15. The maximum atomic E-state index is 12.2. The van der Waals surface area contributed by atoms with Gasteiger partial charge >= 0.3 is 0 Å². The molecule has 0 radical (unpaired) electrons. The summed E-state index contributed by atoms with van der Waals surface area (Å²) in [4.78, 5) is 27.2. The van der Waals surface area contributed by atoms with Crippen LogP contribution in [0.2, 0.25) is 0 Å². The molecular formula is C15H18N2O2. The molecule has 0 unspecified atom stereocenters. The van der Waals surface area contributed by atoms with Gasteiger partial charge in [-0.05, 0) is 19.4 Å². The Bertz CT molecular complexity index is 614. The van der Waals surface area contributed by atoms with E-state index in [2.05, 4.69) is 10.3 Å². The summed E-state index contributed by atoms with van der Waals surface area (Å²) >= 11 is 0. The van der Waals surface area contributed by atoms with Crippen LogP contribution in [-0.4, -0.2) is 23.2 Å². The van der Waals surface area contributed by atoms with Gasteiger partial charge in [-0.3, -0.25) is 9.59 Å². The number of amides is 1. The van der Waals surface area contributed by atoms with Crippen LogP contribution in [0.4, 0.5) is 0 Å². The van der Waals surface area contributed by atoms with Gasteiger partial charge < -0.3 is 10.3 Å². The highest BCUT2D eigenvalue weighted by Gasteiger charge is 2.21. The standard InChI is InChI=1S/C15H18N2O2/c1-3-4-9-16-15(19)14(18)13-10(2)17-12-8-6-5-7-11(12)13/h5-8,17H,3-4,9H2,1-2H3,(H,16,19). The molecule has 1 heterocycles. The van der Waals surface area contributed by atoms with Crippen molar-refractivity contribution in [2.75, 3.05) is 6.54 Å². The fourth-order valence-corrected chi connectivity index (χ4v) is 2.14. The molecule has 4 heteroatoms. The Hall–Kier alpha value is -2.10. The molecule has 0 aliphatic carbocycles. The Labute approximate surface area is 112 Å². The largest absolute Gasteiger partial charge is 0.358 e. The van der Waals surface area contributed by atoms with Crippen molar-refractivity contribution >= 4 is 22.6 Å². The number of unbranched alkanes of at least 4 members (excludes halogenated alkanes) is 1. The number of para-hydroxylation sites is 1. The molecule has 1 aromatic carbocycles. The van der Waals surface area contributed by atoms with Gasteiger partial charge in [0.25, 0.3) is 11.7 Å². The van der Waals surface area contributed by atoms with Crippen LogP contribution in [0.15, 0.2) is 24.3 Å². The lowest BCUT2D eigenvalue weighted by Crippen LogP contribution is -2.32. The van der Waals surface area contributed by atoms with Crippen molar-refractivity contribution in [1.82, 2.24) is 10.3 Å². The summed E-state index contributed by atoms with van der Waals surface area (Å²) in [5.74, 6) is -0.993. The van der Waals surface area contributed by atoms with Crippen LogP contribution in [0.5, 0.6) is 0 Å². The monoisotopic (exact) mass is 258 g/mol. The van der Waals surface area contributed by atoms with Crippen molar-refractivity contribution < 1.29 is 9.59 Å². The average Bonchev–Trinajstić information content (AvgIpc) is 2.74. The molecule has 1 amide bonds. The summed E-state index contributed by atoms with van der Waals surface area (Å²) in [5.41, 5.74) is 2.09. The number of benzene rings is 1. The molecule has 0 saturated heterocycles. The number of aromatic amines is 1. The minimum atomic E-state index is -0.527. The molecule has 0 atom stereocenters. The first-order valence-electron chi connectivity index (χ1n) is 6.55. The van der Waals surface area contributed by atoms with Gasteiger partial charge in [0, 0.05) is 23.1 Å². The first kappa shape index (κ1) is 13.3. The van der Waals surface area contributed by atoms with E-state index in [4.69, 9.17) is 0 Å². The molecule has 0 fully saturated rings. The van der Waals surface area contributed by atoms with Crippen molar-refractivity contribution in [2.24, 2.45) is 0 Å². The third-order valence-corrected chi connectivity index (χ3v) is 3.14. The molecule has 0 saturated carbocycles. The fraction of sp³-hybridized carbons (Fsp3) is 0.333. The second-order valence-electron chi connectivity index (χ2n) is 4.61. The minimum absolute atomic E-state index is 0.467. The summed E-state index contributed by atoms with van der Waals surface area (Å²) in [6, 6.07) is 7.51. The molecule has 19 heavy (non-hydrogen) atoms. The lowest BCUT2D eigenvalue weighted by atomic mass is 10.1. The second kappa shape index (κ2) is 5.69. The van der Waals surface area contributed by atoms with Crippen molar-refractivity contribution in [3.8, 4) is 0 Å². The van der Waals surface area contributed by atoms with Crippen molar-refractivity contribution in [3.05, 3.63) is 35.5 Å². The van der Waals surface area contributed by atoms with Crippen molar-refractivity contribution in [1.29, 1.82) is 0 Å². The van der Waals surface area contributed by atoms with Crippen molar-refractivity contribution in [3.63, 3.8) is 0 Å². The minimum Gasteiger partial charge on any atom is -0.358 e. The van der Waals surface area contributed by atoms with Crippen LogP contribution in [0.25, 0.3) is 10.9 Å². The number of carbonyl (C=O) groups is 2. The number of Topliss-reactive ketones (excluding diaryl/α,β-unsaturated/α-hetero) is 1. The molecule has 2 rings (SSSR count). The summed E-state index contributed by atoms with van der Waals surface area (Å²) in [5, 5.41) is 3.46. The molecule has 2 N–H and O–H groups in total. The summed E-state index contributed by atoms with van der Waals surface area (Å²) in [6.45, 7) is 4.40. The Kier molecular flexibility index (Phi) is 4.00. The fourth-order valence-electron chi connectivity index (χ4n) is 2.14. The zero-order chi connectivity index (χ0) is 13.8. The van der Waals surface area contributed by atoms with E-state index in [0.29, 0.717) is 12.1 Å². The molecule has 0 spiro atoms. The highest BCUT2D eigenvalue weighted by molar-refractivity contribution is 6.45. The predicted octanol–water partition coefficient (Wildman–Crippen LogP) is 2.58. The third kappa shape index (κ3) is 2.67. The maximum absolute atomic E-state index is 12.2. The number of aryl methyl sites for hydroxylation is 1. The average molecular weight is 258 g/mol. The van der Waals surface area contributed by atoms with E-state index in [1.54, 1.807) is 0 Å². The van der Waals surface area contributed by atoms with Gasteiger partial charge in [0.05, 0.1) is 5.56 Å². The van der Waals surface area contributed by atoms with Crippen LogP contribution < -0.4 is 5.32 Å². The molecule has 0 bridgehead atoms. The number of aromatic nitrogens is 1. The Balaban J connectivity index is 2.26. The van der Waals surface area contributed by atoms with E-state index in [1.165, 1.54) is 0 Å². The highest BCUT2D eigenvalue weighted by atomic mass is 16.2. The Morgan fingerprint density at radius 2 is 2.00 bits per heavy atom. The van der Waals surface area contributed by atoms with E-state index in [9.17, 15) is 9.59 Å².